The Bertz CT molecular complexity index is 1500. The smallest absolute Gasteiger partial charge is 0.214 e. The molecule has 0 saturated carbocycles. The van der Waals surface area contributed by atoms with E-state index in [9.17, 15) is 4.79 Å². The van der Waals surface area contributed by atoms with Crippen LogP contribution < -0.4 is 0 Å². The van der Waals surface area contributed by atoms with E-state index in [0.717, 1.165) is 32.9 Å². The minimum absolute atomic E-state index is 0.101. The fraction of sp³-hybridized carbons (Fsp3) is 0. The molecule has 0 radical (unpaired) electrons. The molecule has 30 heavy (non-hydrogen) atoms. The van der Waals surface area contributed by atoms with Crippen molar-refractivity contribution in [2.24, 2.45) is 0 Å². The largest absolute Gasteiger partial charge is 0.287 e. The highest BCUT2D eigenvalue weighted by molar-refractivity contribution is 6.27. The maximum absolute atomic E-state index is 13.2. The van der Waals surface area contributed by atoms with Crippen LogP contribution in [0.4, 0.5) is 0 Å². The maximum atomic E-state index is 13.2. The minimum Gasteiger partial charge on any atom is -0.287 e. The molecule has 0 amide bonds. The lowest BCUT2D eigenvalue weighted by molar-refractivity contribution is 0.103. The van der Waals surface area contributed by atoms with Gasteiger partial charge in [0, 0.05) is 17.0 Å². The third kappa shape index (κ3) is 2.47. The first-order chi connectivity index (χ1) is 14.8. The van der Waals surface area contributed by atoms with Crippen LogP contribution >= 0.6 is 0 Å². The standard InChI is InChI=1S/C26H15N3O/c30-26-19-10-6-14-27-23(19)24-22-20(18-9-4-5-11-21(18)29-25(22)26)15-17(28-24)13-12-16-7-2-1-3-8-16/h1-15H. The molecule has 0 saturated heterocycles. The van der Waals surface area contributed by atoms with Gasteiger partial charge < -0.3 is 0 Å². The first-order valence-corrected chi connectivity index (χ1v) is 9.76. The third-order valence-electron chi connectivity index (χ3n) is 5.44. The average molecular weight is 385 g/mol. The fourth-order valence-electron chi connectivity index (χ4n) is 4.06. The molecule has 1 aliphatic carbocycles. The maximum Gasteiger partial charge on any atom is 0.214 e. The Balaban J connectivity index is 1.70. The first-order valence-electron chi connectivity index (χ1n) is 9.76. The Morgan fingerprint density at radius 2 is 1.53 bits per heavy atom. The Hall–Kier alpha value is -4.18. The van der Waals surface area contributed by atoms with Gasteiger partial charge in [0.05, 0.1) is 16.8 Å². The number of para-hydroxylation sites is 1. The van der Waals surface area contributed by atoms with E-state index >= 15 is 0 Å². The van der Waals surface area contributed by atoms with Gasteiger partial charge in [0.15, 0.2) is 0 Å². The fourth-order valence-corrected chi connectivity index (χ4v) is 4.06. The van der Waals surface area contributed by atoms with Crippen molar-refractivity contribution in [3.63, 3.8) is 0 Å². The van der Waals surface area contributed by atoms with Crippen LogP contribution in [0.3, 0.4) is 0 Å². The molecule has 1 aliphatic rings. The van der Waals surface area contributed by atoms with Gasteiger partial charge in [-0.3, -0.25) is 9.78 Å². The van der Waals surface area contributed by atoms with Crippen LogP contribution in [0.1, 0.15) is 27.3 Å². The molecule has 0 fully saturated rings. The average Bonchev–Trinajstić information content (AvgIpc) is 2.81. The van der Waals surface area contributed by atoms with Crippen molar-refractivity contribution in [2.45, 2.75) is 0 Å². The zero-order valence-electron chi connectivity index (χ0n) is 15.9. The number of hydrogen-bond donors (Lipinski definition) is 0. The molecule has 2 aromatic carbocycles. The van der Waals surface area contributed by atoms with Crippen molar-refractivity contribution in [3.8, 4) is 11.4 Å². The van der Waals surface area contributed by atoms with Gasteiger partial charge >= 0.3 is 0 Å². The molecule has 5 aromatic rings. The molecular weight excluding hydrogens is 370 g/mol. The van der Waals surface area contributed by atoms with Gasteiger partial charge in [0.1, 0.15) is 17.1 Å². The quantitative estimate of drug-likeness (QED) is 0.366. The summed E-state index contributed by atoms with van der Waals surface area (Å²) in [7, 11) is 0. The summed E-state index contributed by atoms with van der Waals surface area (Å²) in [5.74, 6) is -0.101. The lowest BCUT2D eigenvalue weighted by Crippen LogP contribution is -2.14. The van der Waals surface area contributed by atoms with Gasteiger partial charge in [0.25, 0.3) is 0 Å². The molecule has 0 aliphatic heterocycles. The first kappa shape index (κ1) is 16.7. The summed E-state index contributed by atoms with van der Waals surface area (Å²) in [4.78, 5) is 27.3. The Kier molecular flexibility index (Phi) is 3.59. The van der Waals surface area contributed by atoms with E-state index in [1.807, 2.05) is 60.7 Å². The van der Waals surface area contributed by atoms with E-state index < -0.39 is 0 Å². The highest BCUT2D eigenvalue weighted by Gasteiger charge is 2.29. The van der Waals surface area contributed by atoms with Crippen LogP contribution in [0.15, 0.2) is 79.0 Å². The molecule has 0 spiro atoms. The van der Waals surface area contributed by atoms with Crippen molar-refractivity contribution in [2.75, 3.05) is 0 Å². The summed E-state index contributed by atoms with van der Waals surface area (Å²) in [6.45, 7) is 0. The molecule has 0 atom stereocenters. The van der Waals surface area contributed by atoms with Crippen LogP contribution in [-0.4, -0.2) is 20.7 Å². The predicted octanol–water partition coefficient (Wildman–Crippen LogP) is 5.56. The number of benzene rings is 2. The number of pyridine rings is 3. The molecular formula is C26H15N3O. The topological polar surface area (TPSA) is 55.7 Å². The van der Waals surface area contributed by atoms with Crippen molar-refractivity contribution >= 4 is 39.6 Å². The van der Waals surface area contributed by atoms with Gasteiger partial charge in [-0.05, 0) is 41.3 Å². The number of nitrogens with zero attached hydrogens (tertiary/aromatic N) is 3. The predicted molar refractivity (Wildman–Crippen MR) is 119 cm³/mol. The second kappa shape index (κ2) is 6.42. The Labute approximate surface area is 172 Å². The van der Waals surface area contributed by atoms with Crippen LogP contribution in [0.25, 0.3) is 45.2 Å². The van der Waals surface area contributed by atoms with Crippen molar-refractivity contribution in [1.82, 2.24) is 15.0 Å². The second-order valence-electron chi connectivity index (χ2n) is 7.27. The van der Waals surface area contributed by atoms with Crippen molar-refractivity contribution in [1.29, 1.82) is 0 Å². The van der Waals surface area contributed by atoms with Gasteiger partial charge in [-0.2, -0.15) is 0 Å². The van der Waals surface area contributed by atoms with Crippen molar-refractivity contribution in [3.05, 3.63) is 102 Å². The minimum atomic E-state index is -0.101. The van der Waals surface area contributed by atoms with E-state index in [2.05, 4.69) is 17.1 Å². The summed E-state index contributed by atoms with van der Waals surface area (Å²) in [5.41, 5.74) is 5.04. The zero-order valence-corrected chi connectivity index (χ0v) is 15.9. The van der Waals surface area contributed by atoms with Crippen LogP contribution in [-0.2, 0) is 0 Å². The normalized spacial score (nSPS) is 12.6. The van der Waals surface area contributed by atoms with E-state index in [1.165, 1.54) is 0 Å². The lowest BCUT2D eigenvalue weighted by Gasteiger charge is -2.19. The highest BCUT2D eigenvalue weighted by Crippen LogP contribution is 2.39. The van der Waals surface area contributed by atoms with Crippen LogP contribution in [0.5, 0.6) is 0 Å². The molecule has 0 bridgehead atoms. The van der Waals surface area contributed by atoms with Crippen LogP contribution in [0.2, 0.25) is 0 Å². The molecule has 4 heteroatoms. The molecule has 3 aromatic heterocycles. The van der Waals surface area contributed by atoms with Crippen LogP contribution in [0, 0.1) is 0 Å². The molecule has 140 valence electrons. The summed E-state index contributed by atoms with van der Waals surface area (Å²) in [6.07, 6.45) is 5.74. The third-order valence-corrected chi connectivity index (χ3v) is 5.44. The summed E-state index contributed by atoms with van der Waals surface area (Å²) < 4.78 is 0. The number of fused-ring (bicyclic) bond motifs is 4. The summed E-state index contributed by atoms with van der Waals surface area (Å²) in [5, 5.41) is 2.75. The van der Waals surface area contributed by atoms with Gasteiger partial charge in [-0.25, -0.2) is 9.97 Å². The number of ketones is 1. The Morgan fingerprint density at radius 1 is 0.700 bits per heavy atom. The van der Waals surface area contributed by atoms with E-state index in [0.29, 0.717) is 22.6 Å². The molecule has 0 N–H and O–H groups in total. The molecule has 4 nitrogen and oxygen atoms in total. The van der Waals surface area contributed by atoms with E-state index in [4.69, 9.17) is 9.97 Å². The van der Waals surface area contributed by atoms with Crippen molar-refractivity contribution < 1.29 is 4.79 Å². The van der Waals surface area contributed by atoms with Gasteiger partial charge in [-0.1, -0.05) is 54.6 Å². The summed E-state index contributed by atoms with van der Waals surface area (Å²) in [6, 6.07) is 23.6. The van der Waals surface area contributed by atoms with Gasteiger partial charge in [0.2, 0.25) is 5.78 Å². The molecule has 6 rings (SSSR count). The number of aromatic nitrogens is 3. The van der Waals surface area contributed by atoms with E-state index in [1.54, 1.807) is 18.3 Å². The number of carbonyl (C=O) groups is 1. The molecule has 3 heterocycles. The number of rotatable bonds is 2. The van der Waals surface area contributed by atoms with Gasteiger partial charge in [-0.15, -0.1) is 0 Å². The highest BCUT2D eigenvalue weighted by atomic mass is 16.1. The number of hydrogen-bond acceptors (Lipinski definition) is 4. The van der Waals surface area contributed by atoms with E-state index in [-0.39, 0.29) is 5.78 Å². The lowest BCUT2D eigenvalue weighted by atomic mass is 9.90. The monoisotopic (exact) mass is 385 g/mol. The summed E-state index contributed by atoms with van der Waals surface area (Å²) >= 11 is 0. The number of carbonyl (C=O) groups excluding carboxylic acids is 1. The molecule has 0 unspecified atom stereocenters. The second-order valence-corrected chi connectivity index (χ2v) is 7.27. The zero-order chi connectivity index (χ0) is 20.1. The SMILES string of the molecule is O=C1c2cccnc2-c2nc(C=Cc3ccccc3)cc3c2c1nc1ccccc13. The Morgan fingerprint density at radius 3 is 2.43 bits per heavy atom.